The molecule has 2 fully saturated rings. The number of rotatable bonds is 3. The molecular weight excluding hydrogens is 322 g/mol. The fraction of sp³-hybridized carbons (Fsp3) is 0.533. The van der Waals surface area contributed by atoms with Gasteiger partial charge in [0.2, 0.25) is 5.91 Å². The second-order valence-corrected chi connectivity index (χ2v) is 6.93. The monoisotopic (exact) mass is 339 g/mol. The summed E-state index contributed by atoms with van der Waals surface area (Å²) in [5, 5.41) is 0. The van der Waals surface area contributed by atoms with Crippen molar-refractivity contribution in [2.45, 2.75) is 31.2 Å². The number of hydrogen-bond donors (Lipinski definition) is 1. The average Bonchev–Trinajstić information content (AvgIpc) is 2.72. The van der Waals surface area contributed by atoms with Crippen LogP contribution in [0.2, 0.25) is 0 Å². The maximum Gasteiger partial charge on any atom is 0.223 e. The van der Waals surface area contributed by atoms with E-state index < -0.39 is 0 Å². The number of thiol groups is 1. The number of hydrogen-bond acceptors (Lipinski definition) is 2. The standard InChI is InChI=1S/C15H18BrNOS/c16-13-4-2-12(3-5-13)15(6-1-7-15)17-9-11(10-19)8-14(17)18/h2-5,11,19H,1,6-10H2. The summed E-state index contributed by atoms with van der Waals surface area (Å²) in [4.78, 5) is 14.4. The largest absolute Gasteiger partial charge is 0.333 e. The van der Waals surface area contributed by atoms with Gasteiger partial charge < -0.3 is 4.90 Å². The fourth-order valence-corrected chi connectivity index (χ4v) is 3.81. The summed E-state index contributed by atoms with van der Waals surface area (Å²) >= 11 is 7.83. The smallest absolute Gasteiger partial charge is 0.223 e. The van der Waals surface area contributed by atoms with Crippen LogP contribution < -0.4 is 0 Å². The molecule has 0 radical (unpaired) electrons. The zero-order valence-electron chi connectivity index (χ0n) is 10.8. The summed E-state index contributed by atoms with van der Waals surface area (Å²) in [6, 6.07) is 8.47. The normalized spacial score (nSPS) is 25.5. The lowest BCUT2D eigenvalue weighted by molar-refractivity contribution is -0.137. The molecule has 0 aromatic heterocycles. The molecule has 3 rings (SSSR count). The molecule has 1 amide bonds. The van der Waals surface area contributed by atoms with Gasteiger partial charge in [-0.3, -0.25) is 4.79 Å². The van der Waals surface area contributed by atoms with Crippen LogP contribution in [0.4, 0.5) is 0 Å². The van der Waals surface area contributed by atoms with Gasteiger partial charge in [0.1, 0.15) is 0 Å². The SMILES string of the molecule is O=C1CC(CS)CN1C1(c2ccc(Br)cc2)CCC1. The summed E-state index contributed by atoms with van der Waals surface area (Å²) in [7, 11) is 0. The highest BCUT2D eigenvalue weighted by Crippen LogP contribution is 2.49. The van der Waals surface area contributed by atoms with E-state index >= 15 is 0 Å². The van der Waals surface area contributed by atoms with Gasteiger partial charge in [-0.25, -0.2) is 0 Å². The second-order valence-electron chi connectivity index (χ2n) is 5.65. The van der Waals surface area contributed by atoms with Crippen LogP contribution in [0.25, 0.3) is 0 Å². The molecule has 0 bridgehead atoms. The molecule has 1 unspecified atom stereocenters. The molecule has 1 saturated heterocycles. The lowest BCUT2D eigenvalue weighted by Gasteiger charge is -2.49. The fourth-order valence-electron chi connectivity index (χ4n) is 3.30. The van der Waals surface area contributed by atoms with E-state index in [4.69, 9.17) is 0 Å². The Morgan fingerprint density at radius 3 is 2.47 bits per heavy atom. The highest BCUT2D eigenvalue weighted by atomic mass is 79.9. The molecule has 4 heteroatoms. The number of amides is 1. The Balaban J connectivity index is 1.91. The van der Waals surface area contributed by atoms with Crippen LogP contribution in [-0.4, -0.2) is 23.1 Å². The molecule has 1 saturated carbocycles. The van der Waals surface area contributed by atoms with E-state index in [1.807, 2.05) is 0 Å². The summed E-state index contributed by atoms with van der Waals surface area (Å²) in [6.07, 6.45) is 4.08. The van der Waals surface area contributed by atoms with Crippen molar-refractivity contribution in [2.75, 3.05) is 12.3 Å². The van der Waals surface area contributed by atoms with Crippen LogP contribution in [0, 0.1) is 5.92 Å². The first kappa shape index (κ1) is 13.5. The third-order valence-electron chi connectivity index (χ3n) is 4.54. The third-order valence-corrected chi connectivity index (χ3v) is 5.59. The first-order valence-electron chi connectivity index (χ1n) is 6.83. The summed E-state index contributed by atoms with van der Waals surface area (Å²) < 4.78 is 1.09. The quantitative estimate of drug-likeness (QED) is 0.834. The minimum atomic E-state index is -0.0323. The van der Waals surface area contributed by atoms with Crippen molar-refractivity contribution >= 4 is 34.5 Å². The van der Waals surface area contributed by atoms with E-state index in [9.17, 15) is 4.79 Å². The van der Waals surface area contributed by atoms with Gasteiger partial charge in [0.25, 0.3) is 0 Å². The van der Waals surface area contributed by atoms with Crippen molar-refractivity contribution in [1.29, 1.82) is 0 Å². The summed E-state index contributed by atoms with van der Waals surface area (Å²) in [5.41, 5.74) is 1.25. The number of carbonyl (C=O) groups is 1. The number of likely N-dealkylation sites (tertiary alicyclic amines) is 1. The van der Waals surface area contributed by atoms with Gasteiger partial charge in [0.05, 0.1) is 5.54 Å². The first-order chi connectivity index (χ1) is 9.15. The van der Waals surface area contributed by atoms with Crippen molar-refractivity contribution in [3.8, 4) is 0 Å². The minimum absolute atomic E-state index is 0.0323. The molecule has 1 aliphatic heterocycles. The van der Waals surface area contributed by atoms with E-state index in [-0.39, 0.29) is 5.54 Å². The Morgan fingerprint density at radius 1 is 1.32 bits per heavy atom. The van der Waals surface area contributed by atoms with Gasteiger partial charge in [0.15, 0.2) is 0 Å². The van der Waals surface area contributed by atoms with E-state index in [0.717, 1.165) is 29.6 Å². The zero-order chi connectivity index (χ0) is 13.5. The molecule has 1 atom stereocenters. The molecule has 1 aliphatic carbocycles. The molecule has 1 aromatic rings. The predicted octanol–water partition coefficient (Wildman–Crippen LogP) is 3.61. The van der Waals surface area contributed by atoms with Gasteiger partial charge in [-0.15, -0.1) is 0 Å². The van der Waals surface area contributed by atoms with E-state index in [0.29, 0.717) is 18.2 Å². The second kappa shape index (κ2) is 5.13. The first-order valence-corrected chi connectivity index (χ1v) is 8.26. The Labute approximate surface area is 128 Å². The molecule has 0 N–H and O–H groups in total. The Morgan fingerprint density at radius 2 is 2.00 bits per heavy atom. The zero-order valence-corrected chi connectivity index (χ0v) is 13.3. The molecule has 1 aromatic carbocycles. The van der Waals surface area contributed by atoms with E-state index in [1.165, 1.54) is 12.0 Å². The molecule has 2 nitrogen and oxygen atoms in total. The van der Waals surface area contributed by atoms with Gasteiger partial charge in [-0.2, -0.15) is 12.6 Å². The Bertz CT molecular complexity index is 483. The number of halogens is 1. The summed E-state index contributed by atoms with van der Waals surface area (Å²) in [6.45, 7) is 0.873. The van der Waals surface area contributed by atoms with Crippen molar-refractivity contribution in [3.63, 3.8) is 0 Å². The lowest BCUT2D eigenvalue weighted by atomic mass is 9.70. The van der Waals surface area contributed by atoms with Gasteiger partial charge in [-0.05, 0) is 48.6 Å². The van der Waals surface area contributed by atoms with Crippen molar-refractivity contribution < 1.29 is 4.79 Å². The van der Waals surface area contributed by atoms with E-state index in [1.54, 1.807) is 0 Å². The van der Waals surface area contributed by atoms with Crippen LogP contribution in [0.3, 0.4) is 0 Å². The van der Waals surface area contributed by atoms with Gasteiger partial charge in [-0.1, -0.05) is 28.1 Å². The molecule has 0 spiro atoms. The molecular formula is C15H18BrNOS. The third kappa shape index (κ3) is 2.23. The lowest BCUT2D eigenvalue weighted by Crippen LogP contribution is -2.51. The van der Waals surface area contributed by atoms with Crippen LogP contribution in [-0.2, 0) is 10.3 Å². The van der Waals surface area contributed by atoms with Crippen molar-refractivity contribution in [1.82, 2.24) is 4.90 Å². The number of benzene rings is 1. The highest BCUT2D eigenvalue weighted by molar-refractivity contribution is 9.10. The van der Waals surface area contributed by atoms with Crippen LogP contribution in [0.1, 0.15) is 31.2 Å². The maximum absolute atomic E-state index is 12.3. The van der Waals surface area contributed by atoms with Gasteiger partial charge in [0, 0.05) is 17.4 Å². The summed E-state index contributed by atoms with van der Waals surface area (Å²) in [5.74, 6) is 1.53. The Kier molecular flexibility index (Phi) is 3.65. The minimum Gasteiger partial charge on any atom is -0.333 e. The van der Waals surface area contributed by atoms with Crippen LogP contribution in [0.5, 0.6) is 0 Å². The van der Waals surface area contributed by atoms with Crippen molar-refractivity contribution in [2.24, 2.45) is 5.92 Å². The van der Waals surface area contributed by atoms with E-state index in [2.05, 4.69) is 57.7 Å². The molecule has 102 valence electrons. The van der Waals surface area contributed by atoms with Gasteiger partial charge >= 0.3 is 0 Å². The average molecular weight is 340 g/mol. The van der Waals surface area contributed by atoms with Crippen LogP contribution >= 0.6 is 28.6 Å². The number of carbonyl (C=O) groups excluding carboxylic acids is 1. The Hall–Kier alpha value is -0.480. The highest BCUT2D eigenvalue weighted by Gasteiger charge is 2.49. The topological polar surface area (TPSA) is 20.3 Å². The molecule has 2 aliphatic rings. The van der Waals surface area contributed by atoms with Crippen molar-refractivity contribution in [3.05, 3.63) is 34.3 Å². The number of nitrogens with zero attached hydrogens (tertiary/aromatic N) is 1. The molecule has 19 heavy (non-hydrogen) atoms. The predicted molar refractivity (Wildman–Crippen MR) is 83.3 cm³/mol. The molecule has 1 heterocycles. The maximum atomic E-state index is 12.3. The van der Waals surface area contributed by atoms with Crippen LogP contribution in [0.15, 0.2) is 28.7 Å².